The summed E-state index contributed by atoms with van der Waals surface area (Å²) < 4.78 is 27.6. The van der Waals surface area contributed by atoms with E-state index < -0.39 is 10.0 Å². The maximum absolute atomic E-state index is 12.4. The molecule has 0 aliphatic heterocycles. The Morgan fingerprint density at radius 2 is 2.00 bits per heavy atom. The van der Waals surface area contributed by atoms with Crippen molar-refractivity contribution < 1.29 is 8.42 Å². The molecule has 118 valence electrons. The monoisotopic (exact) mass is 331 g/mol. The van der Waals surface area contributed by atoms with Gasteiger partial charge in [0.05, 0.1) is 5.02 Å². The summed E-state index contributed by atoms with van der Waals surface area (Å²) in [4.78, 5) is 4.13. The molecule has 21 heavy (non-hydrogen) atoms. The zero-order valence-electron chi connectivity index (χ0n) is 12.6. The number of anilines is 1. The van der Waals surface area contributed by atoms with Crippen LogP contribution in [-0.2, 0) is 10.0 Å². The number of rotatable bonds is 4. The number of pyridine rings is 1. The van der Waals surface area contributed by atoms with Crippen LogP contribution in [0, 0.1) is 11.8 Å². The molecule has 0 aromatic carbocycles. The lowest BCUT2D eigenvalue weighted by Gasteiger charge is -2.32. The highest BCUT2D eigenvalue weighted by Gasteiger charge is 2.28. The Morgan fingerprint density at radius 3 is 2.57 bits per heavy atom. The lowest BCUT2D eigenvalue weighted by molar-refractivity contribution is 0.242. The van der Waals surface area contributed by atoms with E-state index in [0.717, 1.165) is 19.3 Å². The van der Waals surface area contributed by atoms with Gasteiger partial charge in [-0.15, -0.1) is 0 Å². The van der Waals surface area contributed by atoms with Crippen LogP contribution in [0.2, 0.25) is 5.02 Å². The minimum atomic E-state index is -3.57. The smallest absolute Gasteiger partial charge is 0.242 e. The number of sulfonamides is 1. The number of halogens is 1. The van der Waals surface area contributed by atoms with Crippen molar-refractivity contribution in [3.63, 3.8) is 0 Å². The van der Waals surface area contributed by atoms with Gasteiger partial charge in [-0.1, -0.05) is 25.4 Å². The van der Waals surface area contributed by atoms with Crippen LogP contribution in [0.5, 0.6) is 0 Å². The highest BCUT2D eigenvalue weighted by Crippen LogP contribution is 2.30. The Labute approximate surface area is 131 Å². The zero-order chi connectivity index (χ0) is 15.6. The van der Waals surface area contributed by atoms with Gasteiger partial charge in [0, 0.05) is 19.3 Å². The fourth-order valence-corrected chi connectivity index (χ4v) is 4.27. The maximum atomic E-state index is 12.4. The zero-order valence-corrected chi connectivity index (χ0v) is 14.1. The van der Waals surface area contributed by atoms with Crippen LogP contribution in [0.25, 0.3) is 0 Å². The summed E-state index contributed by atoms with van der Waals surface area (Å²) in [6.07, 6.45) is 4.12. The summed E-state index contributed by atoms with van der Waals surface area (Å²) in [7, 11) is -1.89. The van der Waals surface area contributed by atoms with Crippen molar-refractivity contribution in [2.45, 2.75) is 44.0 Å². The molecule has 0 radical (unpaired) electrons. The topological polar surface area (TPSA) is 71.1 Å². The summed E-state index contributed by atoms with van der Waals surface area (Å²) >= 11 is 6.00. The predicted octanol–water partition coefficient (Wildman–Crippen LogP) is 2.88. The van der Waals surface area contributed by atoms with Crippen molar-refractivity contribution in [1.82, 2.24) is 9.71 Å². The van der Waals surface area contributed by atoms with Crippen LogP contribution in [-0.4, -0.2) is 26.5 Å². The average molecular weight is 332 g/mol. The van der Waals surface area contributed by atoms with E-state index in [-0.39, 0.29) is 10.9 Å². The molecule has 5 nitrogen and oxygen atoms in total. The fourth-order valence-electron chi connectivity index (χ4n) is 2.69. The quantitative estimate of drug-likeness (QED) is 0.890. The summed E-state index contributed by atoms with van der Waals surface area (Å²) in [6, 6.07) is 1.42. The molecule has 0 saturated heterocycles. The van der Waals surface area contributed by atoms with E-state index in [2.05, 4.69) is 28.9 Å². The Balaban J connectivity index is 2.13. The van der Waals surface area contributed by atoms with Crippen molar-refractivity contribution in [2.24, 2.45) is 11.8 Å². The third kappa shape index (κ3) is 3.87. The molecule has 1 aromatic rings. The Morgan fingerprint density at radius 1 is 1.29 bits per heavy atom. The Bertz CT molecular complexity index is 606. The molecule has 3 unspecified atom stereocenters. The van der Waals surface area contributed by atoms with Crippen LogP contribution in [0.4, 0.5) is 5.82 Å². The molecular formula is C14H22ClN3O2S. The first-order valence-electron chi connectivity index (χ1n) is 7.19. The SMILES string of the molecule is CNc1ncc(S(=O)(=O)NC2CCC(C)C(C)C2)cc1Cl. The number of nitrogens with one attached hydrogen (secondary N) is 2. The highest BCUT2D eigenvalue weighted by molar-refractivity contribution is 7.89. The number of hydrogen-bond donors (Lipinski definition) is 2. The first-order chi connectivity index (χ1) is 9.83. The van der Waals surface area contributed by atoms with Crippen LogP contribution in [0.15, 0.2) is 17.2 Å². The molecule has 7 heteroatoms. The maximum Gasteiger partial charge on any atom is 0.242 e. The second-order valence-electron chi connectivity index (χ2n) is 5.84. The number of hydrogen-bond acceptors (Lipinski definition) is 4. The lowest BCUT2D eigenvalue weighted by atomic mass is 9.79. The Kier molecular flexibility index (Phi) is 5.11. The van der Waals surface area contributed by atoms with Gasteiger partial charge in [-0.25, -0.2) is 18.1 Å². The Hall–Kier alpha value is -0.850. The number of nitrogens with zero attached hydrogens (tertiary/aromatic N) is 1. The van der Waals surface area contributed by atoms with Crippen molar-refractivity contribution in [2.75, 3.05) is 12.4 Å². The second kappa shape index (κ2) is 6.50. The van der Waals surface area contributed by atoms with E-state index in [1.54, 1.807) is 7.05 Å². The molecule has 1 heterocycles. The normalized spacial score (nSPS) is 26.6. The van der Waals surface area contributed by atoms with Gasteiger partial charge in [-0.2, -0.15) is 0 Å². The molecule has 1 aliphatic carbocycles. The highest BCUT2D eigenvalue weighted by atomic mass is 35.5. The van der Waals surface area contributed by atoms with Crippen molar-refractivity contribution in [3.05, 3.63) is 17.3 Å². The van der Waals surface area contributed by atoms with Crippen LogP contribution < -0.4 is 10.0 Å². The summed E-state index contributed by atoms with van der Waals surface area (Å²) in [5, 5.41) is 3.10. The molecule has 2 rings (SSSR count). The van der Waals surface area contributed by atoms with Crippen LogP contribution in [0.1, 0.15) is 33.1 Å². The molecule has 0 spiro atoms. The predicted molar refractivity (Wildman–Crippen MR) is 85.1 cm³/mol. The molecule has 1 aliphatic rings. The van der Waals surface area contributed by atoms with E-state index in [0.29, 0.717) is 22.7 Å². The first-order valence-corrected chi connectivity index (χ1v) is 9.05. The van der Waals surface area contributed by atoms with Crippen molar-refractivity contribution in [3.8, 4) is 0 Å². The minimum absolute atomic E-state index is 0.0102. The molecular weight excluding hydrogens is 310 g/mol. The van der Waals surface area contributed by atoms with Crippen molar-refractivity contribution in [1.29, 1.82) is 0 Å². The van der Waals surface area contributed by atoms with Crippen molar-refractivity contribution >= 4 is 27.4 Å². The molecule has 1 fully saturated rings. The second-order valence-corrected chi connectivity index (χ2v) is 7.96. The largest absolute Gasteiger partial charge is 0.372 e. The van der Waals surface area contributed by atoms with E-state index in [9.17, 15) is 8.42 Å². The molecule has 2 N–H and O–H groups in total. The van der Waals surface area contributed by atoms with E-state index >= 15 is 0 Å². The molecule has 1 aromatic heterocycles. The molecule has 1 saturated carbocycles. The van der Waals surface area contributed by atoms with Gasteiger partial charge in [0.2, 0.25) is 10.0 Å². The third-order valence-electron chi connectivity index (χ3n) is 4.28. The fraction of sp³-hybridized carbons (Fsp3) is 0.643. The summed E-state index contributed by atoms with van der Waals surface area (Å²) in [5.41, 5.74) is 0. The van der Waals surface area contributed by atoms with Gasteiger partial charge in [0.25, 0.3) is 0 Å². The minimum Gasteiger partial charge on any atom is -0.372 e. The molecule has 3 atom stereocenters. The molecule has 0 bridgehead atoms. The van der Waals surface area contributed by atoms with Gasteiger partial charge >= 0.3 is 0 Å². The van der Waals surface area contributed by atoms with E-state index in [4.69, 9.17) is 11.6 Å². The van der Waals surface area contributed by atoms with Gasteiger partial charge in [0.1, 0.15) is 10.7 Å². The summed E-state index contributed by atoms with van der Waals surface area (Å²) in [6.45, 7) is 4.39. The lowest BCUT2D eigenvalue weighted by Crippen LogP contribution is -2.39. The van der Waals surface area contributed by atoms with E-state index in [1.165, 1.54) is 12.3 Å². The van der Waals surface area contributed by atoms with E-state index in [1.807, 2.05) is 0 Å². The van der Waals surface area contributed by atoms with Gasteiger partial charge in [0.15, 0.2) is 0 Å². The van der Waals surface area contributed by atoms with Gasteiger partial charge in [-0.05, 0) is 37.2 Å². The molecule has 0 amide bonds. The summed E-state index contributed by atoms with van der Waals surface area (Å²) in [5.74, 6) is 1.65. The average Bonchev–Trinajstić information content (AvgIpc) is 2.42. The van der Waals surface area contributed by atoms with Gasteiger partial charge in [-0.3, -0.25) is 0 Å². The standard InChI is InChI=1S/C14H22ClN3O2S/c1-9-4-5-11(6-10(9)2)18-21(19,20)12-7-13(15)14(16-3)17-8-12/h7-11,18H,4-6H2,1-3H3,(H,16,17). The number of aromatic nitrogens is 1. The van der Waals surface area contributed by atoms with Gasteiger partial charge < -0.3 is 5.32 Å². The third-order valence-corrected chi connectivity index (χ3v) is 6.06. The first kappa shape index (κ1) is 16.5. The van der Waals surface area contributed by atoms with Crippen LogP contribution >= 0.6 is 11.6 Å². The van der Waals surface area contributed by atoms with Crippen LogP contribution in [0.3, 0.4) is 0 Å².